The van der Waals surface area contributed by atoms with Gasteiger partial charge in [-0.25, -0.2) is 9.97 Å². The van der Waals surface area contributed by atoms with Gasteiger partial charge in [0.25, 0.3) is 0 Å². The molecule has 0 radical (unpaired) electrons. The molecule has 0 fully saturated rings. The van der Waals surface area contributed by atoms with E-state index in [1.54, 1.807) is 30.6 Å². The van der Waals surface area contributed by atoms with Crippen LogP contribution in [-0.2, 0) is 12.8 Å². The molecule has 0 atom stereocenters. The minimum atomic E-state index is 0.520. The first-order valence-corrected chi connectivity index (χ1v) is 8.33. The fourth-order valence-corrected chi connectivity index (χ4v) is 2.80. The van der Waals surface area contributed by atoms with Crippen molar-refractivity contribution in [3.63, 3.8) is 0 Å². The summed E-state index contributed by atoms with van der Waals surface area (Å²) in [5.74, 6) is 0.801. The van der Waals surface area contributed by atoms with E-state index in [0.717, 1.165) is 42.5 Å². The lowest BCUT2D eigenvalue weighted by Crippen LogP contribution is -2.39. The maximum Gasteiger partial charge on any atom is 0.191 e. The monoisotopic (exact) mass is 337 g/mol. The van der Waals surface area contributed by atoms with E-state index in [4.69, 9.17) is 11.6 Å². The molecular formula is C15H20ClN5S. The Kier molecular flexibility index (Phi) is 6.61. The number of hydrogen-bond acceptors (Lipinski definition) is 4. The molecule has 0 saturated carbocycles. The van der Waals surface area contributed by atoms with E-state index in [1.165, 1.54) is 4.88 Å². The first-order valence-electron chi connectivity index (χ1n) is 7.13. The van der Waals surface area contributed by atoms with Crippen LogP contribution in [-0.4, -0.2) is 36.1 Å². The van der Waals surface area contributed by atoms with Gasteiger partial charge in [-0.2, -0.15) is 0 Å². The van der Waals surface area contributed by atoms with Crippen LogP contribution in [0.15, 0.2) is 29.5 Å². The van der Waals surface area contributed by atoms with Gasteiger partial charge >= 0.3 is 0 Å². The smallest absolute Gasteiger partial charge is 0.191 e. The molecule has 2 heterocycles. The summed E-state index contributed by atoms with van der Waals surface area (Å²) >= 11 is 7.50. The molecule has 0 aromatic carbocycles. The van der Waals surface area contributed by atoms with Gasteiger partial charge in [0.05, 0.1) is 5.01 Å². The van der Waals surface area contributed by atoms with E-state index >= 15 is 0 Å². The molecule has 2 aromatic heterocycles. The number of halogens is 1. The number of hydrogen-bond donors (Lipinski definition) is 2. The van der Waals surface area contributed by atoms with Crippen LogP contribution < -0.4 is 10.6 Å². The lowest BCUT2D eigenvalue weighted by molar-refractivity contribution is 0.781. The van der Waals surface area contributed by atoms with Crippen molar-refractivity contribution in [2.75, 3.05) is 20.1 Å². The van der Waals surface area contributed by atoms with Crippen molar-refractivity contribution in [1.82, 2.24) is 20.6 Å². The number of rotatable bonds is 6. The van der Waals surface area contributed by atoms with Gasteiger partial charge in [-0.15, -0.1) is 11.3 Å². The van der Waals surface area contributed by atoms with E-state index in [2.05, 4.69) is 32.5 Å². The second kappa shape index (κ2) is 8.70. The number of pyridine rings is 1. The average Bonchev–Trinajstić information content (AvgIpc) is 2.93. The van der Waals surface area contributed by atoms with Crippen LogP contribution in [0.4, 0.5) is 0 Å². The predicted octanol–water partition coefficient (Wildman–Crippen LogP) is 2.45. The number of aryl methyl sites for hydroxylation is 1. The molecule has 2 N–H and O–H groups in total. The largest absolute Gasteiger partial charge is 0.356 e. The first-order chi connectivity index (χ1) is 10.7. The summed E-state index contributed by atoms with van der Waals surface area (Å²) in [6, 6.07) is 3.79. The van der Waals surface area contributed by atoms with E-state index in [9.17, 15) is 0 Å². The van der Waals surface area contributed by atoms with Crippen LogP contribution in [0, 0.1) is 6.92 Å². The zero-order valence-corrected chi connectivity index (χ0v) is 14.3. The third-order valence-corrected chi connectivity index (χ3v) is 4.21. The highest BCUT2D eigenvalue weighted by Gasteiger charge is 2.01. The Labute approximate surface area is 139 Å². The summed E-state index contributed by atoms with van der Waals surface area (Å²) in [5.41, 5.74) is 1.14. The molecule has 2 aromatic rings. The molecular weight excluding hydrogens is 318 g/mol. The van der Waals surface area contributed by atoms with Crippen LogP contribution in [0.25, 0.3) is 0 Å². The molecule has 0 bridgehead atoms. The molecule has 0 spiro atoms. The molecule has 2 rings (SSSR count). The number of nitrogens with one attached hydrogen (secondary N) is 2. The van der Waals surface area contributed by atoms with E-state index in [0.29, 0.717) is 5.15 Å². The quantitative estimate of drug-likeness (QED) is 0.483. The van der Waals surface area contributed by atoms with Crippen LogP contribution >= 0.6 is 22.9 Å². The third kappa shape index (κ3) is 5.61. The molecule has 22 heavy (non-hydrogen) atoms. The Hall–Kier alpha value is -1.66. The third-order valence-electron chi connectivity index (χ3n) is 3.02. The summed E-state index contributed by atoms with van der Waals surface area (Å²) in [4.78, 5) is 13.9. The second-order valence-electron chi connectivity index (χ2n) is 4.78. The molecule has 0 aliphatic carbocycles. The Balaban J connectivity index is 1.67. The van der Waals surface area contributed by atoms with Gasteiger partial charge in [-0.3, -0.25) is 4.99 Å². The Morgan fingerprint density at radius 1 is 1.18 bits per heavy atom. The fourth-order valence-electron chi connectivity index (χ4n) is 1.91. The Morgan fingerprint density at radius 3 is 2.55 bits per heavy atom. The van der Waals surface area contributed by atoms with Gasteiger partial charge in [0.2, 0.25) is 0 Å². The maximum absolute atomic E-state index is 5.77. The van der Waals surface area contributed by atoms with Crippen LogP contribution in [0.3, 0.4) is 0 Å². The van der Waals surface area contributed by atoms with Crippen molar-refractivity contribution in [2.24, 2.45) is 4.99 Å². The summed E-state index contributed by atoms with van der Waals surface area (Å²) in [5, 5.41) is 8.24. The molecule has 0 amide bonds. The summed E-state index contributed by atoms with van der Waals surface area (Å²) in [7, 11) is 1.77. The molecule has 118 valence electrons. The molecule has 0 aliphatic rings. The van der Waals surface area contributed by atoms with Crippen molar-refractivity contribution in [2.45, 2.75) is 19.8 Å². The standard InChI is InChI=1S/C15H20ClN5S/c1-11-9-21-14(22-11)6-8-19-15(17-2)18-7-5-12-3-4-13(16)20-10-12/h3-4,9-10H,5-8H2,1-2H3,(H2,17,18,19). The maximum atomic E-state index is 5.77. The Bertz CT molecular complexity index is 609. The number of nitrogens with zero attached hydrogens (tertiary/aromatic N) is 3. The van der Waals surface area contributed by atoms with Crippen molar-refractivity contribution >= 4 is 28.9 Å². The van der Waals surface area contributed by atoms with E-state index in [1.807, 2.05) is 12.3 Å². The van der Waals surface area contributed by atoms with E-state index in [-0.39, 0.29) is 0 Å². The summed E-state index contributed by atoms with van der Waals surface area (Å²) in [6.45, 7) is 3.68. The Morgan fingerprint density at radius 2 is 1.95 bits per heavy atom. The van der Waals surface area contributed by atoms with Crippen molar-refractivity contribution in [3.05, 3.63) is 45.1 Å². The van der Waals surface area contributed by atoms with Gasteiger partial charge in [0.1, 0.15) is 5.15 Å². The fraction of sp³-hybridized carbons (Fsp3) is 0.400. The van der Waals surface area contributed by atoms with Crippen molar-refractivity contribution in [3.8, 4) is 0 Å². The lowest BCUT2D eigenvalue weighted by Gasteiger charge is -2.11. The lowest BCUT2D eigenvalue weighted by atomic mass is 10.2. The highest BCUT2D eigenvalue weighted by molar-refractivity contribution is 7.11. The van der Waals surface area contributed by atoms with Gasteiger partial charge < -0.3 is 10.6 Å². The van der Waals surface area contributed by atoms with Gasteiger partial charge in [0, 0.05) is 43.8 Å². The minimum Gasteiger partial charge on any atom is -0.356 e. The van der Waals surface area contributed by atoms with Gasteiger partial charge in [-0.05, 0) is 25.0 Å². The average molecular weight is 338 g/mol. The second-order valence-corrected chi connectivity index (χ2v) is 6.49. The molecule has 0 aliphatic heterocycles. The zero-order chi connectivity index (χ0) is 15.8. The van der Waals surface area contributed by atoms with Crippen LogP contribution in [0.1, 0.15) is 15.4 Å². The van der Waals surface area contributed by atoms with Crippen molar-refractivity contribution < 1.29 is 0 Å². The zero-order valence-electron chi connectivity index (χ0n) is 12.8. The van der Waals surface area contributed by atoms with E-state index < -0.39 is 0 Å². The minimum absolute atomic E-state index is 0.520. The topological polar surface area (TPSA) is 62.2 Å². The number of guanidine groups is 1. The highest BCUT2D eigenvalue weighted by Crippen LogP contribution is 2.10. The summed E-state index contributed by atoms with van der Waals surface area (Å²) < 4.78 is 0. The van der Waals surface area contributed by atoms with Gasteiger partial charge in [-0.1, -0.05) is 17.7 Å². The number of aromatic nitrogens is 2. The van der Waals surface area contributed by atoms with Crippen molar-refractivity contribution in [1.29, 1.82) is 0 Å². The highest BCUT2D eigenvalue weighted by atomic mass is 35.5. The predicted molar refractivity (Wildman–Crippen MR) is 92.9 cm³/mol. The molecule has 5 nitrogen and oxygen atoms in total. The normalized spacial score (nSPS) is 11.5. The van der Waals surface area contributed by atoms with Crippen LogP contribution in [0.5, 0.6) is 0 Å². The molecule has 0 unspecified atom stereocenters. The van der Waals surface area contributed by atoms with Gasteiger partial charge in [0.15, 0.2) is 5.96 Å². The number of thiazole rings is 1. The summed E-state index contributed by atoms with van der Waals surface area (Å²) in [6.07, 6.45) is 5.48. The van der Waals surface area contributed by atoms with Crippen LogP contribution in [0.2, 0.25) is 5.15 Å². The molecule has 7 heteroatoms. The number of aliphatic imine (C=N–C) groups is 1. The SMILES string of the molecule is CN=C(NCCc1ccc(Cl)nc1)NCCc1ncc(C)s1. The molecule has 0 saturated heterocycles. The first kappa shape index (κ1) is 16.7.